The Hall–Kier alpha value is -1.62. The fourth-order valence-corrected chi connectivity index (χ4v) is 2.32. The number of oxime groups is 1. The summed E-state index contributed by atoms with van der Waals surface area (Å²) in [6, 6.07) is 5.08. The monoisotopic (exact) mass is 265 g/mol. The molecule has 4 nitrogen and oxygen atoms in total. The molecule has 5 heteroatoms. The van der Waals surface area contributed by atoms with Crippen molar-refractivity contribution in [2.45, 2.75) is 38.8 Å². The van der Waals surface area contributed by atoms with Crippen LogP contribution < -0.4 is 5.73 Å². The summed E-state index contributed by atoms with van der Waals surface area (Å²) in [5.41, 5.74) is 7.00. The first kappa shape index (κ1) is 13.8. The maximum Gasteiger partial charge on any atom is 0.170 e. The standard InChI is InChI=1S/C14H20FN3O/c1-2-7-18(12-5-6-12)9-10-3-4-11(15)8-13(10)14(16)17-19/h3-4,8,12,19H,2,5-7,9H2,1H3,(H2,16,17). The maximum atomic E-state index is 13.3. The molecule has 0 aromatic heterocycles. The molecule has 1 aliphatic rings. The summed E-state index contributed by atoms with van der Waals surface area (Å²) in [5, 5.41) is 11.8. The molecule has 2 rings (SSSR count). The molecule has 0 aliphatic heterocycles. The molecule has 1 aromatic rings. The van der Waals surface area contributed by atoms with E-state index in [2.05, 4.69) is 17.0 Å². The van der Waals surface area contributed by atoms with E-state index >= 15 is 0 Å². The van der Waals surface area contributed by atoms with Crippen molar-refractivity contribution >= 4 is 5.84 Å². The first-order valence-corrected chi connectivity index (χ1v) is 6.66. The van der Waals surface area contributed by atoms with Crippen molar-refractivity contribution in [2.24, 2.45) is 10.9 Å². The van der Waals surface area contributed by atoms with E-state index in [4.69, 9.17) is 10.9 Å². The van der Waals surface area contributed by atoms with Gasteiger partial charge in [-0.25, -0.2) is 4.39 Å². The van der Waals surface area contributed by atoms with E-state index in [-0.39, 0.29) is 11.7 Å². The van der Waals surface area contributed by atoms with Crippen molar-refractivity contribution in [1.82, 2.24) is 4.90 Å². The molecule has 1 aliphatic carbocycles. The molecule has 0 saturated heterocycles. The topological polar surface area (TPSA) is 61.8 Å². The number of nitrogens with zero attached hydrogens (tertiary/aromatic N) is 2. The highest BCUT2D eigenvalue weighted by Crippen LogP contribution is 2.29. The van der Waals surface area contributed by atoms with Crippen LogP contribution in [0, 0.1) is 5.82 Å². The zero-order valence-corrected chi connectivity index (χ0v) is 11.1. The van der Waals surface area contributed by atoms with Gasteiger partial charge in [0.1, 0.15) is 5.82 Å². The molecule has 0 bridgehead atoms. The first-order valence-electron chi connectivity index (χ1n) is 6.66. The van der Waals surface area contributed by atoms with Gasteiger partial charge in [-0.3, -0.25) is 4.90 Å². The number of amidine groups is 1. The zero-order valence-electron chi connectivity index (χ0n) is 11.1. The smallest absolute Gasteiger partial charge is 0.170 e. The highest BCUT2D eigenvalue weighted by molar-refractivity contribution is 5.98. The van der Waals surface area contributed by atoms with Crippen molar-refractivity contribution in [1.29, 1.82) is 0 Å². The predicted molar refractivity (Wildman–Crippen MR) is 72.6 cm³/mol. The molecule has 0 unspecified atom stereocenters. The van der Waals surface area contributed by atoms with Crippen LogP contribution in [0.15, 0.2) is 23.4 Å². The molecule has 0 spiro atoms. The third kappa shape index (κ3) is 3.44. The Morgan fingerprint density at radius 2 is 2.26 bits per heavy atom. The molecule has 1 fully saturated rings. The lowest BCUT2D eigenvalue weighted by Gasteiger charge is -2.22. The number of benzene rings is 1. The predicted octanol–water partition coefficient (Wildman–Crippen LogP) is 2.29. The van der Waals surface area contributed by atoms with Crippen LogP contribution in [-0.4, -0.2) is 28.5 Å². The normalized spacial score (nSPS) is 16.1. The molecular weight excluding hydrogens is 245 g/mol. The summed E-state index contributed by atoms with van der Waals surface area (Å²) in [4.78, 5) is 2.38. The molecular formula is C14H20FN3O. The quantitative estimate of drug-likeness (QED) is 0.359. The van der Waals surface area contributed by atoms with E-state index in [1.807, 2.05) is 0 Å². The van der Waals surface area contributed by atoms with Crippen LogP contribution in [0.5, 0.6) is 0 Å². The van der Waals surface area contributed by atoms with Crippen LogP contribution in [0.2, 0.25) is 0 Å². The Balaban J connectivity index is 2.22. The zero-order chi connectivity index (χ0) is 13.8. The highest BCUT2D eigenvalue weighted by atomic mass is 19.1. The van der Waals surface area contributed by atoms with Crippen LogP contribution in [0.4, 0.5) is 4.39 Å². The lowest BCUT2D eigenvalue weighted by Crippen LogP contribution is -2.28. The van der Waals surface area contributed by atoms with Crippen molar-refractivity contribution in [3.8, 4) is 0 Å². The summed E-state index contributed by atoms with van der Waals surface area (Å²) >= 11 is 0. The van der Waals surface area contributed by atoms with E-state index < -0.39 is 0 Å². The van der Waals surface area contributed by atoms with E-state index in [0.717, 1.165) is 18.5 Å². The third-order valence-electron chi connectivity index (χ3n) is 3.40. The Morgan fingerprint density at radius 1 is 1.53 bits per heavy atom. The second-order valence-electron chi connectivity index (χ2n) is 4.99. The Morgan fingerprint density at radius 3 is 2.84 bits per heavy atom. The van der Waals surface area contributed by atoms with Gasteiger partial charge in [0.25, 0.3) is 0 Å². The van der Waals surface area contributed by atoms with E-state index in [1.54, 1.807) is 6.07 Å². The Kier molecular flexibility index (Phi) is 4.37. The molecule has 0 radical (unpaired) electrons. The molecule has 0 atom stereocenters. The lowest BCUT2D eigenvalue weighted by atomic mass is 10.1. The number of rotatable bonds is 6. The largest absolute Gasteiger partial charge is 0.409 e. The molecule has 1 aromatic carbocycles. The van der Waals surface area contributed by atoms with Crippen LogP contribution in [0.1, 0.15) is 37.3 Å². The second-order valence-corrected chi connectivity index (χ2v) is 4.99. The van der Waals surface area contributed by atoms with Gasteiger partial charge in [-0.05, 0) is 43.5 Å². The molecule has 1 saturated carbocycles. The average Bonchev–Trinajstić information content (AvgIpc) is 3.23. The SMILES string of the molecule is CCCN(Cc1ccc(F)cc1C(N)=NO)C1CC1. The highest BCUT2D eigenvalue weighted by Gasteiger charge is 2.28. The molecule has 19 heavy (non-hydrogen) atoms. The summed E-state index contributed by atoms with van der Waals surface area (Å²) in [6.45, 7) is 3.87. The second kappa shape index (κ2) is 6.02. The van der Waals surface area contributed by atoms with E-state index in [0.29, 0.717) is 18.2 Å². The Bertz CT molecular complexity index is 472. The number of hydrogen-bond acceptors (Lipinski definition) is 3. The van der Waals surface area contributed by atoms with Gasteiger partial charge >= 0.3 is 0 Å². The van der Waals surface area contributed by atoms with Crippen molar-refractivity contribution in [2.75, 3.05) is 6.54 Å². The van der Waals surface area contributed by atoms with Gasteiger partial charge in [0, 0.05) is 18.2 Å². The maximum absolute atomic E-state index is 13.3. The Labute approximate surface area is 112 Å². The summed E-state index contributed by atoms with van der Waals surface area (Å²) in [6.07, 6.45) is 3.52. The lowest BCUT2D eigenvalue weighted by molar-refractivity contribution is 0.255. The number of nitrogens with two attached hydrogens (primary N) is 1. The third-order valence-corrected chi connectivity index (χ3v) is 3.40. The minimum absolute atomic E-state index is 0.0401. The van der Waals surface area contributed by atoms with Crippen LogP contribution in [0.3, 0.4) is 0 Å². The van der Waals surface area contributed by atoms with Crippen LogP contribution in [-0.2, 0) is 6.54 Å². The summed E-state index contributed by atoms with van der Waals surface area (Å²) < 4.78 is 13.3. The average molecular weight is 265 g/mol. The number of halogens is 1. The fraction of sp³-hybridized carbons (Fsp3) is 0.500. The van der Waals surface area contributed by atoms with Gasteiger partial charge < -0.3 is 10.9 Å². The molecule has 0 heterocycles. The summed E-state index contributed by atoms with van der Waals surface area (Å²) in [7, 11) is 0. The van der Waals surface area contributed by atoms with Gasteiger partial charge in [0.15, 0.2) is 5.84 Å². The van der Waals surface area contributed by atoms with Crippen molar-refractivity contribution in [3.63, 3.8) is 0 Å². The van der Waals surface area contributed by atoms with Gasteiger partial charge in [-0.2, -0.15) is 0 Å². The van der Waals surface area contributed by atoms with Gasteiger partial charge in [-0.15, -0.1) is 0 Å². The molecule has 0 amide bonds. The number of hydrogen-bond donors (Lipinski definition) is 2. The van der Waals surface area contributed by atoms with Gasteiger partial charge in [0.2, 0.25) is 0 Å². The van der Waals surface area contributed by atoms with Crippen LogP contribution in [0.25, 0.3) is 0 Å². The fourth-order valence-electron chi connectivity index (χ4n) is 2.32. The van der Waals surface area contributed by atoms with E-state index in [9.17, 15) is 4.39 Å². The van der Waals surface area contributed by atoms with Gasteiger partial charge in [0.05, 0.1) is 0 Å². The molecule has 104 valence electrons. The minimum Gasteiger partial charge on any atom is -0.409 e. The van der Waals surface area contributed by atoms with Crippen LogP contribution >= 0.6 is 0 Å². The minimum atomic E-state index is -0.376. The first-order chi connectivity index (χ1) is 9.15. The van der Waals surface area contributed by atoms with Crippen molar-refractivity contribution in [3.05, 3.63) is 35.1 Å². The van der Waals surface area contributed by atoms with E-state index in [1.165, 1.54) is 25.0 Å². The van der Waals surface area contributed by atoms with Gasteiger partial charge in [-0.1, -0.05) is 18.1 Å². The van der Waals surface area contributed by atoms with Crippen molar-refractivity contribution < 1.29 is 9.60 Å². The molecule has 3 N–H and O–H groups in total. The summed E-state index contributed by atoms with van der Waals surface area (Å²) in [5.74, 6) is -0.416.